The Morgan fingerprint density at radius 3 is 2.37 bits per heavy atom. The summed E-state index contributed by atoms with van der Waals surface area (Å²) in [6.45, 7) is 4.45. The molecule has 3 rings (SSSR count). The van der Waals surface area contributed by atoms with E-state index in [0.717, 1.165) is 11.1 Å². The molecule has 0 radical (unpaired) electrons. The van der Waals surface area contributed by atoms with Crippen LogP contribution in [0.4, 0.5) is 4.79 Å². The smallest absolute Gasteiger partial charge is 0.325 e. The van der Waals surface area contributed by atoms with Gasteiger partial charge in [-0.1, -0.05) is 60.7 Å². The van der Waals surface area contributed by atoms with Crippen LogP contribution in [0.5, 0.6) is 0 Å². The number of nitrogens with one attached hydrogen (secondary N) is 1. The van der Waals surface area contributed by atoms with E-state index >= 15 is 0 Å². The molecule has 2 aromatic rings. The largest absolute Gasteiger partial charge is 0.353 e. The number of imide groups is 1. The van der Waals surface area contributed by atoms with Gasteiger partial charge in [0, 0.05) is 13.2 Å². The highest BCUT2D eigenvalue weighted by Crippen LogP contribution is 2.37. The first-order valence-corrected chi connectivity index (χ1v) is 9.08. The Morgan fingerprint density at radius 2 is 1.74 bits per heavy atom. The van der Waals surface area contributed by atoms with E-state index in [1.807, 2.05) is 67.6 Å². The molecule has 2 unspecified atom stereocenters. The van der Waals surface area contributed by atoms with E-state index in [4.69, 9.17) is 9.47 Å². The number of benzene rings is 2. The van der Waals surface area contributed by atoms with Gasteiger partial charge in [0.15, 0.2) is 12.4 Å². The summed E-state index contributed by atoms with van der Waals surface area (Å²) >= 11 is 0. The van der Waals surface area contributed by atoms with Crippen LogP contribution >= 0.6 is 0 Å². The maximum atomic E-state index is 12.7. The quantitative estimate of drug-likeness (QED) is 0.602. The third-order valence-corrected chi connectivity index (χ3v) is 4.43. The lowest BCUT2D eigenvalue weighted by Gasteiger charge is -2.45. The molecule has 1 fully saturated rings. The zero-order valence-electron chi connectivity index (χ0n) is 15.5. The lowest BCUT2D eigenvalue weighted by molar-refractivity contribution is -0.208. The first kappa shape index (κ1) is 19.1. The summed E-state index contributed by atoms with van der Waals surface area (Å²) < 4.78 is 11.1. The van der Waals surface area contributed by atoms with Gasteiger partial charge in [0.1, 0.15) is 6.04 Å². The van der Waals surface area contributed by atoms with Gasteiger partial charge >= 0.3 is 6.03 Å². The van der Waals surface area contributed by atoms with E-state index in [1.165, 1.54) is 4.90 Å². The van der Waals surface area contributed by atoms with Crippen LogP contribution in [0.1, 0.15) is 31.0 Å². The molecule has 1 aliphatic heterocycles. The number of carbonyl (C=O) groups excluding carboxylic acids is 2. The minimum atomic E-state index is -0.739. The van der Waals surface area contributed by atoms with Gasteiger partial charge in [-0.3, -0.25) is 9.69 Å². The minimum absolute atomic E-state index is 0.353. The maximum Gasteiger partial charge on any atom is 0.325 e. The Morgan fingerprint density at radius 1 is 1.11 bits per heavy atom. The molecule has 0 saturated carbocycles. The van der Waals surface area contributed by atoms with Crippen molar-refractivity contribution >= 4 is 11.9 Å². The maximum absolute atomic E-state index is 12.7. The van der Waals surface area contributed by atoms with Gasteiger partial charge in [-0.2, -0.15) is 0 Å². The predicted octanol–water partition coefficient (Wildman–Crippen LogP) is 3.25. The molecule has 0 spiro atoms. The number of hydrogen-bond acceptors (Lipinski definition) is 4. The van der Waals surface area contributed by atoms with Crippen molar-refractivity contribution in [2.24, 2.45) is 0 Å². The van der Waals surface area contributed by atoms with Gasteiger partial charge in [0.05, 0.1) is 0 Å². The number of β-lactam (4-membered cyclic amide) rings is 1. The van der Waals surface area contributed by atoms with Crippen molar-refractivity contribution in [2.75, 3.05) is 6.61 Å². The normalized spacial score (nSPS) is 20.1. The van der Waals surface area contributed by atoms with Crippen LogP contribution in [-0.2, 0) is 20.8 Å². The Hall–Kier alpha value is -2.70. The van der Waals surface area contributed by atoms with Crippen LogP contribution < -0.4 is 5.32 Å². The highest BCUT2D eigenvalue weighted by Gasteiger charge is 2.53. The Bertz CT molecular complexity index is 766. The van der Waals surface area contributed by atoms with E-state index in [2.05, 4.69) is 5.32 Å². The van der Waals surface area contributed by atoms with Crippen LogP contribution in [0.15, 0.2) is 60.7 Å². The standard InChI is InChI=1S/C21H24N2O4/c1-3-26-15(2)27-19-18(17-12-8-5-9-13-17)23(20(19)24)21(25)22-14-16-10-6-4-7-11-16/h4-13,15,18-19H,3,14H2,1-2H3,(H,22,25)/t15?,18?,19-/m0/s1. The van der Waals surface area contributed by atoms with Crippen molar-refractivity contribution in [3.05, 3.63) is 71.8 Å². The van der Waals surface area contributed by atoms with Gasteiger partial charge < -0.3 is 14.8 Å². The van der Waals surface area contributed by atoms with Gasteiger partial charge in [0.25, 0.3) is 5.91 Å². The van der Waals surface area contributed by atoms with Crippen molar-refractivity contribution in [3.8, 4) is 0 Å². The van der Waals surface area contributed by atoms with Crippen LogP contribution in [0, 0.1) is 0 Å². The number of nitrogens with zero attached hydrogens (tertiary/aromatic N) is 1. The summed E-state index contributed by atoms with van der Waals surface area (Å²) in [6, 6.07) is 18.1. The molecule has 1 heterocycles. The second-order valence-electron chi connectivity index (χ2n) is 6.29. The summed E-state index contributed by atoms with van der Waals surface area (Å²) in [5, 5.41) is 2.81. The molecule has 142 valence electrons. The molecule has 6 heteroatoms. The summed E-state index contributed by atoms with van der Waals surface area (Å²) in [6.07, 6.45) is -1.26. The molecule has 1 N–H and O–H groups in total. The van der Waals surface area contributed by atoms with Crippen molar-refractivity contribution in [2.45, 2.75) is 38.8 Å². The van der Waals surface area contributed by atoms with Crippen molar-refractivity contribution in [3.63, 3.8) is 0 Å². The van der Waals surface area contributed by atoms with Gasteiger partial charge in [-0.25, -0.2) is 4.79 Å². The summed E-state index contributed by atoms with van der Waals surface area (Å²) in [5.41, 5.74) is 1.81. The average molecular weight is 368 g/mol. The fourth-order valence-corrected chi connectivity index (χ4v) is 3.13. The Balaban J connectivity index is 1.72. The molecular formula is C21H24N2O4. The summed E-state index contributed by atoms with van der Waals surface area (Å²) in [5.74, 6) is -0.360. The zero-order valence-corrected chi connectivity index (χ0v) is 15.5. The first-order chi connectivity index (χ1) is 13.1. The highest BCUT2D eigenvalue weighted by atomic mass is 16.7. The molecule has 0 aliphatic carbocycles. The number of carbonyl (C=O) groups is 2. The average Bonchev–Trinajstić information content (AvgIpc) is 2.70. The lowest BCUT2D eigenvalue weighted by atomic mass is 9.91. The predicted molar refractivity (Wildman–Crippen MR) is 101 cm³/mol. The van der Waals surface area contributed by atoms with Crippen LogP contribution in [-0.4, -0.2) is 35.8 Å². The molecule has 0 bridgehead atoms. The minimum Gasteiger partial charge on any atom is -0.353 e. The number of rotatable bonds is 7. The number of urea groups is 1. The third-order valence-electron chi connectivity index (χ3n) is 4.43. The zero-order chi connectivity index (χ0) is 19.2. The van der Waals surface area contributed by atoms with Crippen molar-refractivity contribution in [1.29, 1.82) is 0 Å². The van der Waals surface area contributed by atoms with Crippen LogP contribution in [0.2, 0.25) is 0 Å². The number of likely N-dealkylation sites (tertiary alicyclic amines) is 1. The molecule has 2 aromatic carbocycles. The van der Waals surface area contributed by atoms with Gasteiger partial charge in [-0.15, -0.1) is 0 Å². The van der Waals surface area contributed by atoms with E-state index in [-0.39, 0.29) is 5.91 Å². The van der Waals surface area contributed by atoms with Crippen LogP contribution in [0.25, 0.3) is 0 Å². The first-order valence-electron chi connectivity index (χ1n) is 9.08. The molecular weight excluding hydrogens is 344 g/mol. The number of ether oxygens (including phenoxy) is 2. The fourth-order valence-electron chi connectivity index (χ4n) is 3.13. The molecule has 3 amide bonds. The van der Waals surface area contributed by atoms with Crippen molar-refractivity contribution in [1.82, 2.24) is 10.2 Å². The number of amides is 3. The molecule has 3 atom stereocenters. The second-order valence-corrected chi connectivity index (χ2v) is 6.29. The van der Waals surface area contributed by atoms with E-state index in [0.29, 0.717) is 13.2 Å². The third kappa shape index (κ3) is 4.35. The van der Waals surface area contributed by atoms with E-state index in [1.54, 1.807) is 6.92 Å². The molecule has 6 nitrogen and oxygen atoms in total. The molecule has 0 aromatic heterocycles. The van der Waals surface area contributed by atoms with Crippen LogP contribution in [0.3, 0.4) is 0 Å². The Labute approximate surface area is 159 Å². The van der Waals surface area contributed by atoms with Crippen molar-refractivity contribution < 1.29 is 19.1 Å². The van der Waals surface area contributed by atoms with E-state index < -0.39 is 24.5 Å². The fraction of sp³-hybridized carbons (Fsp3) is 0.333. The molecule has 1 aliphatic rings. The molecule has 27 heavy (non-hydrogen) atoms. The highest BCUT2D eigenvalue weighted by molar-refractivity contribution is 6.03. The molecule has 1 saturated heterocycles. The topological polar surface area (TPSA) is 67.9 Å². The summed E-state index contributed by atoms with van der Waals surface area (Å²) in [4.78, 5) is 26.5. The summed E-state index contributed by atoms with van der Waals surface area (Å²) in [7, 11) is 0. The monoisotopic (exact) mass is 368 g/mol. The number of hydrogen-bond donors (Lipinski definition) is 1. The Kier molecular flexibility index (Phi) is 6.21. The van der Waals surface area contributed by atoms with Gasteiger partial charge in [-0.05, 0) is 25.0 Å². The van der Waals surface area contributed by atoms with E-state index in [9.17, 15) is 9.59 Å². The SMILES string of the molecule is CCOC(C)O[C@@H]1C(=O)N(C(=O)NCc2ccccc2)C1c1ccccc1. The lowest BCUT2D eigenvalue weighted by Crippen LogP contribution is -2.64. The van der Waals surface area contributed by atoms with Gasteiger partial charge in [0.2, 0.25) is 0 Å². The second kappa shape index (κ2) is 8.79.